The lowest BCUT2D eigenvalue weighted by Gasteiger charge is -2.33. The quantitative estimate of drug-likeness (QED) is 0.840. The normalized spacial score (nSPS) is 16.4. The summed E-state index contributed by atoms with van der Waals surface area (Å²) in [5, 5.41) is 8.24. The van der Waals surface area contributed by atoms with Gasteiger partial charge in [-0.05, 0) is 19.1 Å². The van der Waals surface area contributed by atoms with Gasteiger partial charge in [0.2, 0.25) is 0 Å². The molecule has 1 saturated heterocycles. The maximum absolute atomic E-state index is 11.5. The van der Waals surface area contributed by atoms with Crippen molar-refractivity contribution in [3.63, 3.8) is 0 Å². The van der Waals surface area contributed by atoms with E-state index in [1.54, 1.807) is 11.0 Å². The second-order valence-corrected chi connectivity index (χ2v) is 4.70. The second kappa shape index (κ2) is 6.68. The van der Waals surface area contributed by atoms with E-state index in [4.69, 9.17) is 16.3 Å². The standard InChI is InChI=1S/C12H17ClN4O2/c1-2-19-12(18)17-7-5-16(6-8-17)9-10-3-4-11(13)15-14-10/h3-4H,2,5-9H2,1H3. The van der Waals surface area contributed by atoms with Crippen molar-refractivity contribution >= 4 is 17.7 Å². The highest BCUT2D eigenvalue weighted by Crippen LogP contribution is 2.09. The molecule has 1 aliphatic rings. The molecule has 0 aliphatic carbocycles. The van der Waals surface area contributed by atoms with Gasteiger partial charge in [-0.1, -0.05) is 11.6 Å². The average Bonchev–Trinajstić information content (AvgIpc) is 2.42. The van der Waals surface area contributed by atoms with E-state index >= 15 is 0 Å². The molecule has 6 nitrogen and oxygen atoms in total. The van der Waals surface area contributed by atoms with Gasteiger partial charge in [-0.2, -0.15) is 5.10 Å². The molecule has 2 rings (SSSR count). The van der Waals surface area contributed by atoms with Gasteiger partial charge in [0.1, 0.15) is 0 Å². The molecule has 19 heavy (non-hydrogen) atoms. The zero-order valence-corrected chi connectivity index (χ0v) is 11.6. The third-order valence-corrected chi connectivity index (χ3v) is 3.17. The van der Waals surface area contributed by atoms with Crippen LogP contribution in [-0.2, 0) is 11.3 Å². The molecule has 1 aromatic rings. The summed E-state index contributed by atoms with van der Waals surface area (Å²) in [6.07, 6.45) is -0.228. The van der Waals surface area contributed by atoms with Crippen molar-refractivity contribution in [3.05, 3.63) is 23.0 Å². The molecule has 0 spiro atoms. The van der Waals surface area contributed by atoms with Crippen molar-refractivity contribution in [1.82, 2.24) is 20.0 Å². The Bertz CT molecular complexity index is 418. The van der Waals surface area contributed by atoms with Gasteiger partial charge in [0.15, 0.2) is 5.15 Å². The molecule has 2 heterocycles. The number of halogens is 1. The van der Waals surface area contributed by atoms with E-state index in [1.807, 2.05) is 13.0 Å². The first-order valence-corrected chi connectivity index (χ1v) is 6.69. The van der Waals surface area contributed by atoms with Crippen LogP contribution in [0, 0.1) is 0 Å². The SMILES string of the molecule is CCOC(=O)N1CCN(Cc2ccc(Cl)nn2)CC1. The van der Waals surface area contributed by atoms with Crippen LogP contribution >= 0.6 is 11.6 Å². The zero-order chi connectivity index (χ0) is 13.7. The van der Waals surface area contributed by atoms with Gasteiger partial charge in [-0.25, -0.2) is 4.79 Å². The zero-order valence-electron chi connectivity index (χ0n) is 10.9. The fourth-order valence-electron chi connectivity index (χ4n) is 1.96. The molecule has 0 aromatic carbocycles. The molecule has 1 amide bonds. The first-order chi connectivity index (χ1) is 9.19. The highest BCUT2D eigenvalue weighted by Gasteiger charge is 2.21. The number of aromatic nitrogens is 2. The topological polar surface area (TPSA) is 58.6 Å². The fraction of sp³-hybridized carbons (Fsp3) is 0.583. The van der Waals surface area contributed by atoms with Crippen molar-refractivity contribution in [3.8, 4) is 0 Å². The third kappa shape index (κ3) is 4.04. The van der Waals surface area contributed by atoms with E-state index in [0.717, 1.165) is 25.3 Å². The van der Waals surface area contributed by atoms with Crippen LogP contribution in [0.15, 0.2) is 12.1 Å². The lowest BCUT2D eigenvalue weighted by molar-refractivity contribution is 0.0774. The van der Waals surface area contributed by atoms with Crippen LogP contribution in [-0.4, -0.2) is 58.9 Å². The lowest BCUT2D eigenvalue weighted by Crippen LogP contribution is -2.48. The van der Waals surface area contributed by atoms with Crippen LogP contribution in [0.3, 0.4) is 0 Å². The molecule has 0 saturated carbocycles. The van der Waals surface area contributed by atoms with Gasteiger partial charge < -0.3 is 9.64 Å². The van der Waals surface area contributed by atoms with Gasteiger partial charge in [0, 0.05) is 32.7 Å². The Morgan fingerprint density at radius 3 is 2.63 bits per heavy atom. The Hall–Kier alpha value is -1.40. The molecule has 0 bridgehead atoms. The van der Waals surface area contributed by atoms with E-state index in [2.05, 4.69) is 15.1 Å². The number of hydrogen-bond donors (Lipinski definition) is 0. The number of carbonyl (C=O) groups is 1. The highest BCUT2D eigenvalue weighted by molar-refractivity contribution is 6.29. The van der Waals surface area contributed by atoms with Crippen LogP contribution in [0.4, 0.5) is 4.79 Å². The fourth-order valence-corrected chi connectivity index (χ4v) is 2.06. The summed E-state index contributed by atoms with van der Waals surface area (Å²) in [5.41, 5.74) is 0.883. The molecule has 0 unspecified atom stereocenters. The van der Waals surface area contributed by atoms with E-state index in [-0.39, 0.29) is 6.09 Å². The molecule has 1 aliphatic heterocycles. The molecule has 1 fully saturated rings. The predicted octanol–water partition coefficient (Wildman–Crippen LogP) is 1.40. The molecular weight excluding hydrogens is 268 g/mol. The number of nitrogens with zero attached hydrogens (tertiary/aromatic N) is 4. The van der Waals surface area contributed by atoms with Crippen molar-refractivity contribution < 1.29 is 9.53 Å². The number of amides is 1. The maximum Gasteiger partial charge on any atom is 0.409 e. The van der Waals surface area contributed by atoms with Crippen molar-refractivity contribution in [2.24, 2.45) is 0 Å². The van der Waals surface area contributed by atoms with E-state index in [9.17, 15) is 4.79 Å². The summed E-state index contributed by atoms with van der Waals surface area (Å²) in [7, 11) is 0. The average molecular weight is 285 g/mol. The van der Waals surface area contributed by atoms with Crippen LogP contribution in [0.2, 0.25) is 5.15 Å². The second-order valence-electron chi connectivity index (χ2n) is 4.31. The summed E-state index contributed by atoms with van der Waals surface area (Å²) < 4.78 is 4.98. The molecule has 0 radical (unpaired) electrons. The van der Waals surface area contributed by atoms with E-state index in [1.165, 1.54) is 0 Å². The third-order valence-electron chi connectivity index (χ3n) is 2.97. The number of ether oxygens (including phenoxy) is 1. The van der Waals surface area contributed by atoms with Crippen LogP contribution in [0.25, 0.3) is 0 Å². The molecular formula is C12H17ClN4O2. The van der Waals surface area contributed by atoms with Gasteiger partial charge in [-0.3, -0.25) is 4.90 Å². The largest absolute Gasteiger partial charge is 0.450 e. The Morgan fingerprint density at radius 2 is 2.05 bits per heavy atom. The van der Waals surface area contributed by atoms with Crippen LogP contribution < -0.4 is 0 Å². The number of carbonyl (C=O) groups excluding carboxylic acids is 1. The smallest absolute Gasteiger partial charge is 0.409 e. The summed E-state index contributed by atoms with van der Waals surface area (Å²) in [6.45, 7) is 5.93. The summed E-state index contributed by atoms with van der Waals surface area (Å²) >= 11 is 5.69. The molecule has 0 N–H and O–H groups in total. The highest BCUT2D eigenvalue weighted by atomic mass is 35.5. The van der Waals surface area contributed by atoms with Gasteiger partial charge in [0.05, 0.1) is 12.3 Å². The summed E-state index contributed by atoms with van der Waals surface area (Å²) in [6, 6.07) is 3.60. The van der Waals surface area contributed by atoms with Crippen molar-refractivity contribution in [2.75, 3.05) is 32.8 Å². The monoisotopic (exact) mass is 284 g/mol. The van der Waals surface area contributed by atoms with Crippen LogP contribution in [0.1, 0.15) is 12.6 Å². The van der Waals surface area contributed by atoms with E-state index in [0.29, 0.717) is 24.8 Å². The van der Waals surface area contributed by atoms with Gasteiger partial charge in [-0.15, -0.1) is 5.10 Å². The number of piperazine rings is 1. The minimum atomic E-state index is -0.228. The Balaban J connectivity index is 1.80. The number of hydrogen-bond acceptors (Lipinski definition) is 5. The lowest BCUT2D eigenvalue weighted by atomic mass is 10.3. The minimum Gasteiger partial charge on any atom is -0.450 e. The molecule has 104 valence electrons. The van der Waals surface area contributed by atoms with Crippen molar-refractivity contribution in [2.45, 2.75) is 13.5 Å². The predicted molar refractivity (Wildman–Crippen MR) is 70.9 cm³/mol. The summed E-state index contributed by atoms with van der Waals surface area (Å²) in [4.78, 5) is 15.5. The molecule has 0 atom stereocenters. The molecule has 7 heteroatoms. The van der Waals surface area contributed by atoms with E-state index < -0.39 is 0 Å². The first-order valence-electron chi connectivity index (χ1n) is 6.31. The number of rotatable bonds is 3. The van der Waals surface area contributed by atoms with Gasteiger partial charge >= 0.3 is 6.09 Å². The Labute approximate surface area is 117 Å². The summed E-state index contributed by atoms with van der Waals surface area (Å²) in [5.74, 6) is 0. The maximum atomic E-state index is 11.5. The minimum absolute atomic E-state index is 0.228. The van der Waals surface area contributed by atoms with Gasteiger partial charge in [0.25, 0.3) is 0 Å². The van der Waals surface area contributed by atoms with Crippen LogP contribution in [0.5, 0.6) is 0 Å². The first kappa shape index (κ1) is 14.0. The molecule has 1 aromatic heterocycles. The Morgan fingerprint density at radius 1 is 1.32 bits per heavy atom. The Kier molecular flexibility index (Phi) is 4.93. The van der Waals surface area contributed by atoms with Crippen molar-refractivity contribution in [1.29, 1.82) is 0 Å².